The third-order valence-corrected chi connectivity index (χ3v) is 3.74. The fraction of sp³-hybridized carbons (Fsp3) is 1.00. The predicted molar refractivity (Wildman–Crippen MR) is 60.3 cm³/mol. The van der Waals surface area contributed by atoms with Crippen molar-refractivity contribution in [3.05, 3.63) is 0 Å². The van der Waals surface area contributed by atoms with Crippen LogP contribution in [0.25, 0.3) is 0 Å². The molecule has 0 amide bonds. The summed E-state index contributed by atoms with van der Waals surface area (Å²) in [5.41, 5.74) is -0.107. The molecule has 3 atom stereocenters. The van der Waals surface area contributed by atoms with Crippen LogP contribution in [-0.4, -0.2) is 55.6 Å². The maximum atomic E-state index is 13.5. The van der Waals surface area contributed by atoms with E-state index < -0.39 is 6.17 Å². The van der Waals surface area contributed by atoms with Crippen LogP contribution in [0.1, 0.15) is 26.7 Å². The van der Waals surface area contributed by atoms with Gasteiger partial charge < -0.3 is 9.47 Å². The van der Waals surface area contributed by atoms with Crippen LogP contribution >= 0.6 is 0 Å². The number of halogens is 1. The van der Waals surface area contributed by atoms with E-state index in [-0.39, 0.29) is 17.7 Å². The SMILES string of the molecule is CO[C@@H]1CN2C[C@H](F)C[C@]2(COC(C)C)C1. The Labute approximate surface area is 96.9 Å². The lowest BCUT2D eigenvalue weighted by molar-refractivity contribution is 0.00133. The van der Waals surface area contributed by atoms with Crippen molar-refractivity contribution in [3.8, 4) is 0 Å². The van der Waals surface area contributed by atoms with E-state index >= 15 is 0 Å². The molecule has 0 radical (unpaired) electrons. The van der Waals surface area contributed by atoms with Crippen LogP contribution in [0.2, 0.25) is 0 Å². The quantitative estimate of drug-likeness (QED) is 0.734. The number of nitrogens with zero attached hydrogens (tertiary/aromatic N) is 1. The molecule has 0 N–H and O–H groups in total. The van der Waals surface area contributed by atoms with Crippen LogP contribution in [0.15, 0.2) is 0 Å². The van der Waals surface area contributed by atoms with Crippen LogP contribution in [0.4, 0.5) is 4.39 Å². The standard InChI is InChI=1S/C12H22FNO2/c1-9(2)16-8-12-4-10(13)6-14(12)7-11(5-12)15-3/h9-11H,4-8H2,1-3H3/t10-,11+,12-/m1/s1. The van der Waals surface area contributed by atoms with Gasteiger partial charge in [0.15, 0.2) is 0 Å². The van der Waals surface area contributed by atoms with Crippen LogP contribution in [0.5, 0.6) is 0 Å². The van der Waals surface area contributed by atoms with Crippen molar-refractivity contribution in [3.63, 3.8) is 0 Å². The summed E-state index contributed by atoms with van der Waals surface area (Å²) < 4.78 is 24.6. The highest BCUT2D eigenvalue weighted by Gasteiger charge is 2.52. The van der Waals surface area contributed by atoms with Gasteiger partial charge in [-0.05, 0) is 20.3 Å². The number of rotatable bonds is 4. The van der Waals surface area contributed by atoms with Crippen molar-refractivity contribution in [1.29, 1.82) is 0 Å². The van der Waals surface area contributed by atoms with Crippen molar-refractivity contribution in [2.75, 3.05) is 26.8 Å². The van der Waals surface area contributed by atoms with E-state index in [1.54, 1.807) is 7.11 Å². The summed E-state index contributed by atoms with van der Waals surface area (Å²) in [6.45, 7) is 6.06. The van der Waals surface area contributed by atoms with Gasteiger partial charge in [0.2, 0.25) is 0 Å². The minimum atomic E-state index is -0.700. The first kappa shape index (κ1) is 12.3. The molecule has 16 heavy (non-hydrogen) atoms. The Balaban J connectivity index is 2.02. The average molecular weight is 231 g/mol. The first-order chi connectivity index (χ1) is 7.55. The van der Waals surface area contributed by atoms with Gasteiger partial charge in [-0.15, -0.1) is 0 Å². The van der Waals surface area contributed by atoms with Crippen molar-refractivity contribution in [1.82, 2.24) is 4.90 Å². The van der Waals surface area contributed by atoms with Gasteiger partial charge in [-0.1, -0.05) is 0 Å². The highest BCUT2D eigenvalue weighted by Crippen LogP contribution is 2.41. The Bertz CT molecular complexity index is 249. The van der Waals surface area contributed by atoms with Crippen molar-refractivity contribution < 1.29 is 13.9 Å². The van der Waals surface area contributed by atoms with E-state index in [0.29, 0.717) is 19.6 Å². The Morgan fingerprint density at radius 3 is 2.75 bits per heavy atom. The zero-order chi connectivity index (χ0) is 11.8. The molecule has 0 spiro atoms. The lowest BCUT2D eigenvalue weighted by Gasteiger charge is -2.31. The second-order valence-electron chi connectivity index (χ2n) is 5.35. The Morgan fingerprint density at radius 1 is 1.38 bits per heavy atom. The summed E-state index contributed by atoms with van der Waals surface area (Å²) >= 11 is 0. The number of hydrogen-bond acceptors (Lipinski definition) is 3. The van der Waals surface area contributed by atoms with Gasteiger partial charge in [0.05, 0.1) is 18.8 Å². The molecule has 2 aliphatic rings. The molecule has 2 fully saturated rings. The molecule has 3 nitrogen and oxygen atoms in total. The molecule has 0 unspecified atom stereocenters. The maximum Gasteiger partial charge on any atom is 0.115 e. The fourth-order valence-electron chi connectivity index (χ4n) is 2.94. The van der Waals surface area contributed by atoms with E-state index in [4.69, 9.17) is 9.47 Å². The minimum absolute atomic E-state index is 0.107. The first-order valence-electron chi connectivity index (χ1n) is 6.09. The van der Waals surface area contributed by atoms with Gasteiger partial charge in [-0.2, -0.15) is 0 Å². The van der Waals surface area contributed by atoms with Crippen molar-refractivity contribution >= 4 is 0 Å². The molecule has 0 aliphatic carbocycles. The molecular formula is C12H22FNO2. The highest BCUT2D eigenvalue weighted by molar-refractivity contribution is 5.06. The van der Waals surface area contributed by atoms with Crippen LogP contribution in [0.3, 0.4) is 0 Å². The Morgan fingerprint density at radius 2 is 2.12 bits per heavy atom. The number of ether oxygens (including phenoxy) is 2. The second kappa shape index (κ2) is 4.59. The summed E-state index contributed by atoms with van der Waals surface area (Å²) in [5.74, 6) is 0. The van der Waals surface area contributed by atoms with Gasteiger partial charge >= 0.3 is 0 Å². The molecule has 0 aromatic carbocycles. The van der Waals surface area contributed by atoms with Crippen LogP contribution < -0.4 is 0 Å². The van der Waals surface area contributed by atoms with Crippen molar-refractivity contribution in [2.24, 2.45) is 0 Å². The summed E-state index contributed by atoms with van der Waals surface area (Å²) in [6, 6.07) is 0. The van der Waals surface area contributed by atoms with E-state index in [0.717, 1.165) is 13.0 Å². The first-order valence-corrected chi connectivity index (χ1v) is 6.09. The molecule has 0 saturated carbocycles. The summed E-state index contributed by atoms with van der Waals surface area (Å²) in [7, 11) is 1.73. The number of alkyl halides is 1. The molecule has 0 bridgehead atoms. The van der Waals surface area contributed by atoms with E-state index in [2.05, 4.69) is 4.90 Å². The molecule has 2 aliphatic heterocycles. The monoisotopic (exact) mass is 231 g/mol. The topological polar surface area (TPSA) is 21.7 Å². The summed E-state index contributed by atoms with van der Waals surface area (Å²) in [4.78, 5) is 2.22. The molecule has 2 rings (SSSR count). The molecule has 0 aromatic heterocycles. The third-order valence-electron chi connectivity index (χ3n) is 3.74. The van der Waals surface area contributed by atoms with Crippen LogP contribution in [0, 0.1) is 0 Å². The van der Waals surface area contributed by atoms with E-state index in [1.807, 2.05) is 13.8 Å². The lowest BCUT2D eigenvalue weighted by Crippen LogP contribution is -2.43. The number of hydrogen-bond donors (Lipinski definition) is 0. The molecule has 2 saturated heterocycles. The number of methoxy groups -OCH3 is 1. The molecule has 4 heteroatoms. The third kappa shape index (κ3) is 2.24. The van der Waals surface area contributed by atoms with Crippen molar-refractivity contribution in [2.45, 2.75) is 50.6 Å². The van der Waals surface area contributed by atoms with Gasteiger partial charge in [0, 0.05) is 32.2 Å². The lowest BCUT2D eigenvalue weighted by atomic mass is 9.94. The second-order valence-corrected chi connectivity index (χ2v) is 5.35. The van der Waals surface area contributed by atoms with E-state index in [9.17, 15) is 4.39 Å². The smallest absolute Gasteiger partial charge is 0.115 e. The van der Waals surface area contributed by atoms with Gasteiger partial charge in [0.1, 0.15) is 6.17 Å². The summed E-state index contributed by atoms with van der Waals surface area (Å²) in [5, 5.41) is 0. The summed E-state index contributed by atoms with van der Waals surface area (Å²) in [6.07, 6.45) is 1.24. The molecular weight excluding hydrogens is 209 g/mol. The molecule has 2 heterocycles. The van der Waals surface area contributed by atoms with Gasteiger partial charge in [-0.25, -0.2) is 4.39 Å². The predicted octanol–water partition coefficient (Wildman–Crippen LogP) is 1.61. The van der Waals surface area contributed by atoms with Crippen LogP contribution in [-0.2, 0) is 9.47 Å². The zero-order valence-electron chi connectivity index (χ0n) is 10.4. The minimum Gasteiger partial charge on any atom is -0.380 e. The molecule has 0 aromatic rings. The highest BCUT2D eigenvalue weighted by atomic mass is 19.1. The largest absolute Gasteiger partial charge is 0.380 e. The molecule has 94 valence electrons. The maximum absolute atomic E-state index is 13.5. The Hall–Kier alpha value is -0.190. The Kier molecular flexibility index (Phi) is 3.52. The number of fused-ring (bicyclic) bond motifs is 1. The van der Waals surface area contributed by atoms with Gasteiger partial charge in [-0.3, -0.25) is 4.90 Å². The van der Waals surface area contributed by atoms with Gasteiger partial charge in [0.25, 0.3) is 0 Å². The normalized spacial score (nSPS) is 39.6. The van der Waals surface area contributed by atoms with E-state index in [1.165, 1.54) is 0 Å². The average Bonchev–Trinajstić information content (AvgIpc) is 2.67. The fourth-order valence-corrected chi connectivity index (χ4v) is 2.94. The zero-order valence-corrected chi connectivity index (χ0v) is 10.4.